The van der Waals surface area contributed by atoms with Gasteiger partial charge in [-0.3, -0.25) is 4.79 Å². The van der Waals surface area contributed by atoms with E-state index >= 15 is 0 Å². The molecule has 0 aromatic heterocycles. The van der Waals surface area contributed by atoms with Gasteiger partial charge >= 0.3 is 0 Å². The number of carbonyl (C=O) groups is 1. The van der Waals surface area contributed by atoms with E-state index < -0.39 is 0 Å². The lowest BCUT2D eigenvalue weighted by Crippen LogP contribution is -1.97. The fourth-order valence-corrected chi connectivity index (χ4v) is 3.12. The molecule has 4 heteroatoms. The number of fused-ring (bicyclic) bond motifs is 1. The lowest BCUT2D eigenvalue weighted by Gasteiger charge is -2.04. The second kappa shape index (κ2) is 8.28. The molecule has 0 N–H and O–H groups in total. The van der Waals surface area contributed by atoms with Gasteiger partial charge in [0.05, 0.1) is 5.56 Å². The van der Waals surface area contributed by atoms with Gasteiger partial charge in [0.15, 0.2) is 5.76 Å². The first kappa shape index (κ1) is 18.3. The monoisotopic (exact) mass is 432 g/mol. The first-order chi connectivity index (χ1) is 13.7. The smallest absolute Gasteiger partial charge is 0.231 e. The number of Topliss-reactive ketones (excluding diaryl/α,β-unsaturated/α-hetero) is 1. The van der Waals surface area contributed by atoms with Gasteiger partial charge in [-0.05, 0) is 47.5 Å². The summed E-state index contributed by atoms with van der Waals surface area (Å²) in [7, 11) is 0. The summed E-state index contributed by atoms with van der Waals surface area (Å²) in [6.45, 7) is 0.434. The molecule has 0 atom stereocenters. The van der Waals surface area contributed by atoms with E-state index in [1.54, 1.807) is 24.3 Å². The topological polar surface area (TPSA) is 35.5 Å². The molecule has 0 fully saturated rings. The zero-order valence-electron chi connectivity index (χ0n) is 15.0. The quantitative estimate of drug-likeness (QED) is 0.453. The van der Waals surface area contributed by atoms with E-state index in [1.165, 1.54) is 0 Å². The Bertz CT molecular complexity index is 1050. The van der Waals surface area contributed by atoms with Crippen LogP contribution in [0.5, 0.6) is 11.5 Å². The van der Waals surface area contributed by atoms with E-state index in [2.05, 4.69) is 15.9 Å². The first-order valence-corrected chi connectivity index (χ1v) is 9.66. The Balaban J connectivity index is 1.43. The Morgan fingerprint density at radius 3 is 2.50 bits per heavy atom. The molecule has 3 aromatic rings. The van der Waals surface area contributed by atoms with Gasteiger partial charge in [-0.1, -0.05) is 64.5 Å². The average Bonchev–Trinajstić information content (AvgIpc) is 3.03. The molecule has 0 bridgehead atoms. The molecular weight excluding hydrogens is 416 g/mol. The second-order valence-electron chi connectivity index (χ2n) is 6.27. The van der Waals surface area contributed by atoms with Crippen molar-refractivity contribution < 1.29 is 14.3 Å². The minimum absolute atomic E-state index is 0.117. The molecule has 0 unspecified atom stereocenters. The SMILES string of the molecule is O=C1C(=Cc2ccc(Br)cc2)Oc2cc(OCC=Cc3ccccc3)ccc21. The number of ether oxygens (including phenoxy) is 2. The van der Waals surface area contributed by atoms with Crippen LogP contribution in [0.25, 0.3) is 12.2 Å². The van der Waals surface area contributed by atoms with E-state index in [4.69, 9.17) is 9.47 Å². The molecule has 1 aliphatic heterocycles. The van der Waals surface area contributed by atoms with Crippen molar-refractivity contribution in [2.24, 2.45) is 0 Å². The maximum atomic E-state index is 12.5. The predicted molar refractivity (Wildman–Crippen MR) is 114 cm³/mol. The van der Waals surface area contributed by atoms with E-state index in [9.17, 15) is 4.79 Å². The number of benzene rings is 3. The second-order valence-corrected chi connectivity index (χ2v) is 7.19. The number of halogens is 1. The number of hydrogen-bond acceptors (Lipinski definition) is 3. The number of allylic oxidation sites excluding steroid dienone is 1. The van der Waals surface area contributed by atoms with Gasteiger partial charge in [0.25, 0.3) is 0 Å². The van der Waals surface area contributed by atoms with Gasteiger partial charge in [-0.15, -0.1) is 0 Å². The highest BCUT2D eigenvalue weighted by Crippen LogP contribution is 2.35. The highest BCUT2D eigenvalue weighted by molar-refractivity contribution is 9.10. The third-order valence-electron chi connectivity index (χ3n) is 4.27. The molecule has 0 spiro atoms. The van der Waals surface area contributed by atoms with Crippen LogP contribution < -0.4 is 9.47 Å². The van der Waals surface area contributed by atoms with Crippen molar-refractivity contribution in [1.29, 1.82) is 0 Å². The van der Waals surface area contributed by atoms with E-state index in [-0.39, 0.29) is 5.78 Å². The summed E-state index contributed by atoms with van der Waals surface area (Å²) < 4.78 is 12.5. The summed E-state index contributed by atoms with van der Waals surface area (Å²) >= 11 is 3.40. The zero-order chi connectivity index (χ0) is 19.3. The lowest BCUT2D eigenvalue weighted by molar-refractivity contribution is 0.101. The Morgan fingerprint density at radius 2 is 1.71 bits per heavy atom. The average molecular weight is 433 g/mol. The summed E-state index contributed by atoms with van der Waals surface area (Å²) in [5.74, 6) is 1.39. The van der Waals surface area contributed by atoms with Gasteiger partial charge < -0.3 is 9.47 Å². The van der Waals surface area contributed by atoms with Crippen LogP contribution in [0.1, 0.15) is 21.5 Å². The Kier molecular flexibility index (Phi) is 5.40. The number of carbonyl (C=O) groups excluding carboxylic acids is 1. The highest BCUT2D eigenvalue weighted by Gasteiger charge is 2.27. The van der Waals surface area contributed by atoms with Crippen molar-refractivity contribution >= 4 is 33.9 Å². The zero-order valence-corrected chi connectivity index (χ0v) is 16.6. The Morgan fingerprint density at radius 1 is 0.929 bits per heavy atom. The molecule has 28 heavy (non-hydrogen) atoms. The maximum Gasteiger partial charge on any atom is 0.231 e. The molecule has 0 saturated heterocycles. The normalized spacial score (nSPS) is 14.3. The van der Waals surface area contributed by atoms with Gasteiger partial charge in [-0.2, -0.15) is 0 Å². The minimum atomic E-state index is -0.117. The summed E-state index contributed by atoms with van der Waals surface area (Å²) in [5, 5.41) is 0. The predicted octanol–water partition coefficient (Wildman–Crippen LogP) is 6.16. The van der Waals surface area contributed by atoms with E-state index in [0.29, 0.717) is 29.4 Å². The number of rotatable bonds is 5. The lowest BCUT2D eigenvalue weighted by atomic mass is 10.1. The molecule has 0 amide bonds. The third-order valence-corrected chi connectivity index (χ3v) is 4.79. The van der Waals surface area contributed by atoms with Crippen molar-refractivity contribution in [3.63, 3.8) is 0 Å². The van der Waals surface area contributed by atoms with Crippen LogP contribution in [-0.2, 0) is 0 Å². The van der Waals surface area contributed by atoms with Crippen LogP contribution >= 0.6 is 15.9 Å². The Labute approximate surface area is 172 Å². The molecule has 0 aliphatic carbocycles. The molecular formula is C24H17BrO3. The van der Waals surface area contributed by atoms with Gasteiger partial charge in [0.1, 0.15) is 18.1 Å². The first-order valence-electron chi connectivity index (χ1n) is 8.87. The molecule has 3 aromatic carbocycles. The van der Waals surface area contributed by atoms with Crippen LogP contribution in [0.15, 0.2) is 89.1 Å². The van der Waals surface area contributed by atoms with Crippen molar-refractivity contribution in [3.05, 3.63) is 106 Å². The maximum absolute atomic E-state index is 12.5. The van der Waals surface area contributed by atoms with Crippen LogP contribution in [0.2, 0.25) is 0 Å². The fourth-order valence-electron chi connectivity index (χ4n) is 2.86. The Hall–Kier alpha value is -3.11. The van der Waals surface area contributed by atoms with Crippen LogP contribution in [-0.4, -0.2) is 12.4 Å². The summed E-state index contributed by atoms with van der Waals surface area (Å²) in [6.07, 6.45) is 5.71. The van der Waals surface area contributed by atoms with Gasteiger partial charge in [-0.25, -0.2) is 0 Å². The van der Waals surface area contributed by atoms with Crippen LogP contribution in [0.4, 0.5) is 0 Å². The highest BCUT2D eigenvalue weighted by atomic mass is 79.9. The molecule has 0 radical (unpaired) electrons. The third kappa shape index (κ3) is 4.24. The van der Waals surface area contributed by atoms with Gasteiger partial charge in [0.2, 0.25) is 5.78 Å². The van der Waals surface area contributed by atoms with Gasteiger partial charge in [0, 0.05) is 10.5 Å². The molecule has 3 nitrogen and oxygen atoms in total. The van der Waals surface area contributed by atoms with Crippen molar-refractivity contribution in [3.8, 4) is 11.5 Å². The fraction of sp³-hybridized carbons (Fsp3) is 0.0417. The standard InChI is InChI=1S/C24H17BrO3/c25-19-10-8-18(9-11-19)15-23-24(26)21-13-12-20(16-22(21)28-23)27-14-4-7-17-5-2-1-3-6-17/h1-13,15-16H,14H2. The minimum Gasteiger partial charge on any atom is -0.489 e. The van der Waals surface area contributed by atoms with Crippen molar-refractivity contribution in [1.82, 2.24) is 0 Å². The molecule has 0 saturated carbocycles. The largest absolute Gasteiger partial charge is 0.489 e. The molecule has 1 aliphatic rings. The molecule has 1 heterocycles. The van der Waals surface area contributed by atoms with E-state index in [0.717, 1.165) is 15.6 Å². The van der Waals surface area contributed by atoms with Crippen LogP contribution in [0.3, 0.4) is 0 Å². The number of hydrogen-bond donors (Lipinski definition) is 0. The van der Waals surface area contributed by atoms with Crippen molar-refractivity contribution in [2.75, 3.05) is 6.61 Å². The van der Waals surface area contributed by atoms with Crippen LogP contribution in [0, 0.1) is 0 Å². The van der Waals surface area contributed by atoms with Crippen molar-refractivity contribution in [2.45, 2.75) is 0 Å². The molecule has 138 valence electrons. The summed E-state index contributed by atoms with van der Waals surface area (Å²) in [4.78, 5) is 12.5. The van der Waals surface area contributed by atoms with E-state index in [1.807, 2.05) is 66.7 Å². The summed E-state index contributed by atoms with van der Waals surface area (Å²) in [5.41, 5.74) is 2.58. The summed E-state index contributed by atoms with van der Waals surface area (Å²) in [6, 6.07) is 23.0. The number of ketones is 1. The molecule has 4 rings (SSSR count).